The monoisotopic (exact) mass is 552 g/mol. The van der Waals surface area contributed by atoms with Gasteiger partial charge in [0.25, 0.3) is 0 Å². The molecule has 2 rings (SSSR count). The Labute approximate surface area is 238 Å². The summed E-state index contributed by atoms with van der Waals surface area (Å²) in [5.74, 6) is 1.21. The first-order valence-electron chi connectivity index (χ1n) is 14.9. The van der Waals surface area contributed by atoms with E-state index in [1.54, 1.807) is 6.21 Å². The topological polar surface area (TPSA) is 72.4 Å². The van der Waals surface area contributed by atoms with E-state index >= 15 is 0 Å². The lowest BCUT2D eigenvalue weighted by molar-refractivity contribution is 0.444. The van der Waals surface area contributed by atoms with Gasteiger partial charge in [0.15, 0.2) is 7.29 Å². The van der Waals surface area contributed by atoms with Crippen LogP contribution in [0.4, 0.5) is 0 Å². The molecule has 3 N–H and O–H groups in total. The van der Waals surface area contributed by atoms with E-state index in [4.69, 9.17) is 5.73 Å². The predicted molar refractivity (Wildman–Crippen MR) is 172 cm³/mol. The van der Waals surface area contributed by atoms with Gasteiger partial charge in [0.1, 0.15) is 0 Å². The van der Waals surface area contributed by atoms with Crippen molar-refractivity contribution >= 4 is 19.2 Å². The van der Waals surface area contributed by atoms with Gasteiger partial charge in [0.05, 0.1) is 11.4 Å². The summed E-state index contributed by atoms with van der Waals surface area (Å²) in [7, 11) is -2.67. The summed E-state index contributed by atoms with van der Waals surface area (Å²) in [4.78, 5) is 0. The number of nitrogens with one attached hydrogen (secondary N) is 1. The second kappa shape index (κ2) is 16.7. The Morgan fingerprint density at radius 2 is 1.69 bits per heavy atom. The lowest BCUT2D eigenvalue weighted by Crippen LogP contribution is -2.27. The van der Waals surface area contributed by atoms with E-state index in [1.165, 1.54) is 12.8 Å². The van der Waals surface area contributed by atoms with Crippen LogP contribution in [0, 0.1) is 11.8 Å². The highest BCUT2D eigenvalue weighted by molar-refractivity contribution is 7.61. The van der Waals surface area contributed by atoms with Gasteiger partial charge < -0.3 is 10.3 Å². The SMILES string of the molecule is C=C(N)c1ccc(CCC(CC)CCP(=O)(Cc2ccccc2)NC(C)C(=C)CCC(CC)CC)n1/N=C\C. The van der Waals surface area contributed by atoms with Crippen molar-refractivity contribution in [2.75, 3.05) is 6.16 Å². The van der Waals surface area contributed by atoms with Crippen molar-refractivity contribution in [1.82, 2.24) is 9.76 Å². The average Bonchev–Trinajstić information content (AvgIpc) is 3.32. The molecule has 1 heterocycles. The number of hydrogen-bond donors (Lipinski definition) is 2. The first-order valence-corrected chi connectivity index (χ1v) is 17.0. The van der Waals surface area contributed by atoms with Crippen molar-refractivity contribution in [2.24, 2.45) is 22.7 Å². The van der Waals surface area contributed by atoms with Crippen LogP contribution in [0.1, 0.15) is 96.5 Å². The van der Waals surface area contributed by atoms with Crippen molar-refractivity contribution in [3.63, 3.8) is 0 Å². The molecule has 1 aromatic carbocycles. The number of hydrogen-bond acceptors (Lipinski definition) is 3. The van der Waals surface area contributed by atoms with E-state index in [2.05, 4.69) is 69.2 Å². The first kappa shape index (κ1) is 32.8. The van der Waals surface area contributed by atoms with Gasteiger partial charge in [-0.1, -0.05) is 89.1 Å². The van der Waals surface area contributed by atoms with Gasteiger partial charge in [-0.3, -0.25) is 5.09 Å². The van der Waals surface area contributed by atoms with E-state index in [0.717, 1.165) is 67.0 Å². The zero-order valence-corrected chi connectivity index (χ0v) is 26.1. The standard InChI is InChI=1S/C33H53N4OP/c1-8-29(9-2)18-17-26(5)28(7)36-39(38,25-31-15-13-12-14-16-31)24-23-30(10-3)19-20-32-21-22-33(27(6)34)37(32)35-11-4/h11-16,21-22,28-30H,5-6,8-10,17-20,23-25,34H2,1-4,7H3,(H,36,38)/b35-11-. The van der Waals surface area contributed by atoms with Gasteiger partial charge in [-0.25, -0.2) is 4.68 Å². The van der Waals surface area contributed by atoms with Crippen LogP contribution in [0.2, 0.25) is 0 Å². The Balaban J connectivity index is 2.10. The van der Waals surface area contributed by atoms with Crippen LogP contribution >= 0.6 is 7.29 Å². The van der Waals surface area contributed by atoms with Gasteiger partial charge in [0, 0.05) is 30.3 Å². The second-order valence-corrected chi connectivity index (χ2v) is 13.8. The maximum Gasteiger partial charge on any atom is 0.152 e. The summed E-state index contributed by atoms with van der Waals surface area (Å²) in [5, 5.41) is 8.10. The lowest BCUT2D eigenvalue weighted by Gasteiger charge is -2.27. The summed E-state index contributed by atoms with van der Waals surface area (Å²) in [6.07, 6.45) is 11.5. The third kappa shape index (κ3) is 10.6. The van der Waals surface area contributed by atoms with Crippen LogP contribution in [-0.4, -0.2) is 23.1 Å². The van der Waals surface area contributed by atoms with E-state index < -0.39 is 7.29 Å². The van der Waals surface area contributed by atoms with Gasteiger partial charge in [0.2, 0.25) is 0 Å². The van der Waals surface area contributed by atoms with E-state index in [0.29, 0.717) is 23.9 Å². The number of aromatic nitrogens is 1. The molecule has 0 saturated carbocycles. The van der Waals surface area contributed by atoms with E-state index in [-0.39, 0.29) is 6.04 Å². The summed E-state index contributed by atoms with van der Waals surface area (Å²) in [5.41, 5.74) is 10.7. The maximum absolute atomic E-state index is 14.5. The quantitative estimate of drug-likeness (QED) is 0.104. The van der Waals surface area contributed by atoms with Gasteiger partial charge in [-0.2, -0.15) is 5.10 Å². The fraction of sp³-hybridized carbons (Fsp3) is 0.545. The predicted octanol–water partition coefficient (Wildman–Crippen LogP) is 8.85. The van der Waals surface area contributed by atoms with Gasteiger partial charge in [-0.15, -0.1) is 0 Å². The number of benzene rings is 1. The Morgan fingerprint density at radius 3 is 2.28 bits per heavy atom. The highest BCUT2D eigenvalue weighted by Crippen LogP contribution is 2.47. The largest absolute Gasteiger partial charge is 0.397 e. The van der Waals surface area contributed by atoms with Crippen molar-refractivity contribution in [3.05, 3.63) is 78.1 Å². The zero-order valence-electron chi connectivity index (χ0n) is 25.2. The smallest absolute Gasteiger partial charge is 0.152 e. The number of aryl methyl sites for hydroxylation is 1. The third-order valence-electron chi connectivity index (χ3n) is 8.13. The van der Waals surface area contributed by atoms with Gasteiger partial charge in [-0.05, 0) is 75.5 Å². The Morgan fingerprint density at radius 1 is 1.03 bits per heavy atom. The molecular formula is C33H53N4OP. The van der Waals surface area contributed by atoms with E-state index in [9.17, 15) is 4.57 Å². The van der Waals surface area contributed by atoms with Crippen LogP contribution in [-0.2, 0) is 17.1 Å². The number of nitrogens with zero attached hydrogens (tertiary/aromatic N) is 2. The number of nitrogens with two attached hydrogens (primary N) is 1. The minimum atomic E-state index is -2.67. The average molecular weight is 553 g/mol. The van der Waals surface area contributed by atoms with Crippen LogP contribution < -0.4 is 10.8 Å². The molecule has 0 aliphatic heterocycles. The first-order chi connectivity index (χ1) is 18.7. The summed E-state index contributed by atoms with van der Waals surface area (Å²) in [6, 6.07) is 14.4. The molecule has 0 fully saturated rings. The normalized spacial score (nSPS) is 14.9. The molecule has 2 aromatic rings. The minimum Gasteiger partial charge on any atom is -0.397 e. The molecule has 0 bridgehead atoms. The molecule has 6 heteroatoms. The summed E-state index contributed by atoms with van der Waals surface area (Å²) >= 11 is 0. The number of rotatable bonds is 19. The van der Waals surface area contributed by atoms with Gasteiger partial charge >= 0.3 is 0 Å². The molecule has 5 nitrogen and oxygen atoms in total. The zero-order chi connectivity index (χ0) is 28.8. The highest BCUT2D eigenvalue weighted by atomic mass is 31.2. The molecule has 0 saturated heterocycles. The van der Waals surface area contributed by atoms with Crippen molar-refractivity contribution < 1.29 is 4.57 Å². The molecule has 0 aliphatic rings. The van der Waals surface area contributed by atoms with Crippen molar-refractivity contribution in [3.8, 4) is 0 Å². The molecule has 0 amide bonds. The lowest BCUT2D eigenvalue weighted by atomic mass is 9.94. The molecule has 3 unspecified atom stereocenters. The van der Waals surface area contributed by atoms with Crippen LogP contribution in [0.25, 0.3) is 5.70 Å². The Bertz CT molecular complexity index is 1100. The molecule has 0 spiro atoms. The molecule has 39 heavy (non-hydrogen) atoms. The highest BCUT2D eigenvalue weighted by Gasteiger charge is 2.27. The third-order valence-corrected chi connectivity index (χ3v) is 10.8. The van der Waals surface area contributed by atoms with Crippen LogP contribution in [0.15, 0.2) is 66.3 Å². The maximum atomic E-state index is 14.5. The van der Waals surface area contributed by atoms with Crippen LogP contribution in [0.5, 0.6) is 0 Å². The molecule has 3 atom stereocenters. The summed E-state index contributed by atoms with van der Waals surface area (Å²) in [6.45, 7) is 19.1. The molecule has 0 aliphatic carbocycles. The minimum absolute atomic E-state index is 0.0342. The van der Waals surface area contributed by atoms with Crippen LogP contribution in [0.3, 0.4) is 0 Å². The molecule has 1 aromatic heterocycles. The second-order valence-electron chi connectivity index (χ2n) is 11.0. The van der Waals surface area contributed by atoms with Crippen molar-refractivity contribution in [1.29, 1.82) is 0 Å². The fourth-order valence-corrected chi connectivity index (χ4v) is 8.12. The van der Waals surface area contributed by atoms with Crippen molar-refractivity contribution in [2.45, 2.75) is 98.2 Å². The Hall–Kier alpha value is -2.36. The molecule has 216 valence electrons. The fourth-order valence-electron chi connectivity index (χ4n) is 5.27. The van der Waals surface area contributed by atoms with E-state index in [1.807, 2.05) is 35.9 Å². The molecular weight excluding hydrogens is 499 g/mol. The Kier molecular flexibility index (Phi) is 14.0. The summed E-state index contributed by atoms with van der Waals surface area (Å²) < 4.78 is 16.4. The molecule has 0 radical (unpaired) electrons.